The molecule has 2 rings (SSSR count). The summed E-state index contributed by atoms with van der Waals surface area (Å²) in [6.07, 6.45) is 5.95. The van der Waals surface area contributed by atoms with Crippen molar-refractivity contribution in [2.75, 3.05) is 19.6 Å². The summed E-state index contributed by atoms with van der Waals surface area (Å²) in [4.78, 5) is 2.55. The standard InChI is InChI=1S/C15H28N4/c1-4-14(3)19-10-7-15(17-19)11-16-13(2)12-18-8-5-6-9-18/h7,10,13-14,16H,4-6,8-9,11-12H2,1-3H3. The Kier molecular flexibility index (Phi) is 5.40. The van der Waals surface area contributed by atoms with Crippen molar-refractivity contribution in [1.29, 1.82) is 0 Å². The first-order chi connectivity index (χ1) is 9.19. The summed E-state index contributed by atoms with van der Waals surface area (Å²) >= 11 is 0. The van der Waals surface area contributed by atoms with Crippen LogP contribution < -0.4 is 5.32 Å². The topological polar surface area (TPSA) is 33.1 Å². The van der Waals surface area contributed by atoms with Gasteiger partial charge in [-0.3, -0.25) is 4.68 Å². The first-order valence-corrected chi connectivity index (χ1v) is 7.68. The highest BCUT2D eigenvalue weighted by Crippen LogP contribution is 2.10. The minimum atomic E-state index is 0.496. The van der Waals surface area contributed by atoms with Gasteiger partial charge in [-0.15, -0.1) is 0 Å². The molecule has 2 heterocycles. The average molecular weight is 264 g/mol. The predicted octanol–water partition coefficient (Wildman–Crippen LogP) is 2.43. The molecule has 2 atom stereocenters. The zero-order valence-electron chi connectivity index (χ0n) is 12.6. The molecule has 4 heteroatoms. The average Bonchev–Trinajstić information content (AvgIpc) is 3.06. The number of hydrogen-bond acceptors (Lipinski definition) is 3. The smallest absolute Gasteiger partial charge is 0.0762 e. The van der Waals surface area contributed by atoms with E-state index in [1.807, 2.05) is 0 Å². The molecule has 2 unspecified atom stereocenters. The molecule has 0 aromatic carbocycles. The number of likely N-dealkylation sites (tertiary alicyclic amines) is 1. The van der Waals surface area contributed by atoms with Crippen LogP contribution in [0.3, 0.4) is 0 Å². The van der Waals surface area contributed by atoms with E-state index in [-0.39, 0.29) is 0 Å². The Balaban J connectivity index is 1.73. The zero-order valence-corrected chi connectivity index (χ0v) is 12.6. The molecule has 1 saturated heterocycles. The van der Waals surface area contributed by atoms with E-state index < -0.39 is 0 Å². The lowest BCUT2D eigenvalue weighted by molar-refractivity contribution is 0.297. The third kappa shape index (κ3) is 4.32. The lowest BCUT2D eigenvalue weighted by atomic mass is 10.3. The van der Waals surface area contributed by atoms with Crippen LogP contribution in [0.2, 0.25) is 0 Å². The summed E-state index contributed by atoms with van der Waals surface area (Å²) in [7, 11) is 0. The Labute approximate surface area is 117 Å². The second kappa shape index (κ2) is 7.06. The van der Waals surface area contributed by atoms with E-state index >= 15 is 0 Å². The van der Waals surface area contributed by atoms with Crippen molar-refractivity contribution in [2.24, 2.45) is 0 Å². The molecule has 108 valence electrons. The van der Waals surface area contributed by atoms with Crippen molar-refractivity contribution >= 4 is 0 Å². The van der Waals surface area contributed by atoms with Crippen LogP contribution >= 0.6 is 0 Å². The lowest BCUT2D eigenvalue weighted by Crippen LogP contribution is -2.37. The van der Waals surface area contributed by atoms with Gasteiger partial charge in [0.15, 0.2) is 0 Å². The number of nitrogens with zero attached hydrogens (tertiary/aromatic N) is 3. The van der Waals surface area contributed by atoms with Gasteiger partial charge < -0.3 is 10.2 Å². The van der Waals surface area contributed by atoms with Crippen molar-refractivity contribution in [3.63, 3.8) is 0 Å². The summed E-state index contributed by atoms with van der Waals surface area (Å²) in [6.45, 7) is 11.3. The summed E-state index contributed by atoms with van der Waals surface area (Å²) in [5.74, 6) is 0. The van der Waals surface area contributed by atoms with E-state index in [9.17, 15) is 0 Å². The predicted molar refractivity (Wildman–Crippen MR) is 79.2 cm³/mol. The molecule has 0 radical (unpaired) electrons. The highest BCUT2D eigenvalue weighted by molar-refractivity contribution is 4.99. The molecule has 4 nitrogen and oxygen atoms in total. The van der Waals surface area contributed by atoms with Gasteiger partial charge in [0.2, 0.25) is 0 Å². The second-order valence-electron chi connectivity index (χ2n) is 5.83. The Hall–Kier alpha value is -0.870. The Bertz CT molecular complexity index is 368. The van der Waals surface area contributed by atoms with Gasteiger partial charge in [-0.2, -0.15) is 5.10 Å². The van der Waals surface area contributed by atoms with Crippen LogP contribution in [0.25, 0.3) is 0 Å². The van der Waals surface area contributed by atoms with Crippen LogP contribution in [0.5, 0.6) is 0 Å². The summed E-state index contributed by atoms with van der Waals surface area (Å²) in [5, 5.41) is 8.20. The summed E-state index contributed by atoms with van der Waals surface area (Å²) in [6, 6.07) is 3.16. The van der Waals surface area contributed by atoms with E-state index in [4.69, 9.17) is 0 Å². The third-order valence-electron chi connectivity index (χ3n) is 4.07. The maximum absolute atomic E-state index is 4.63. The van der Waals surface area contributed by atoms with Gasteiger partial charge in [0.1, 0.15) is 0 Å². The van der Waals surface area contributed by atoms with E-state index in [1.54, 1.807) is 0 Å². The molecule has 0 saturated carbocycles. The van der Waals surface area contributed by atoms with E-state index in [0.717, 1.165) is 25.2 Å². The van der Waals surface area contributed by atoms with Crippen LogP contribution in [0.1, 0.15) is 51.8 Å². The van der Waals surface area contributed by atoms with Gasteiger partial charge >= 0.3 is 0 Å². The van der Waals surface area contributed by atoms with Crippen LogP contribution in [-0.4, -0.2) is 40.4 Å². The van der Waals surface area contributed by atoms with Gasteiger partial charge in [-0.05, 0) is 52.3 Å². The van der Waals surface area contributed by atoms with Crippen molar-refractivity contribution in [3.8, 4) is 0 Å². The maximum atomic E-state index is 4.63. The SMILES string of the molecule is CCC(C)n1ccc(CNC(C)CN2CCCC2)n1. The molecule has 0 aliphatic carbocycles. The summed E-state index contributed by atoms with van der Waals surface area (Å²) in [5.41, 5.74) is 1.15. The van der Waals surface area contributed by atoms with Gasteiger partial charge in [-0.1, -0.05) is 6.92 Å². The Morgan fingerprint density at radius 3 is 2.74 bits per heavy atom. The third-order valence-corrected chi connectivity index (χ3v) is 4.07. The van der Waals surface area contributed by atoms with Crippen LogP contribution in [0, 0.1) is 0 Å². The van der Waals surface area contributed by atoms with E-state index in [1.165, 1.54) is 25.9 Å². The molecule has 1 aromatic rings. The first kappa shape index (κ1) is 14.5. The quantitative estimate of drug-likeness (QED) is 0.821. The normalized spacial score (nSPS) is 19.7. The second-order valence-corrected chi connectivity index (χ2v) is 5.83. The van der Waals surface area contributed by atoms with E-state index in [2.05, 4.69) is 53.0 Å². The fraction of sp³-hybridized carbons (Fsp3) is 0.800. The van der Waals surface area contributed by atoms with Crippen molar-refractivity contribution in [1.82, 2.24) is 20.0 Å². The monoisotopic (exact) mass is 264 g/mol. The van der Waals surface area contributed by atoms with Crippen LogP contribution in [0.15, 0.2) is 12.3 Å². The Morgan fingerprint density at radius 1 is 1.32 bits per heavy atom. The molecular weight excluding hydrogens is 236 g/mol. The van der Waals surface area contributed by atoms with Crippen LogP contribution in [-0.2, 0) is 6.54 Å². The molecule has 0 amide bonds. The van der Waals surface area contributed by atoms with Gasteiger partial charge in [0.25, 0.3) is 0 Å². The highest BCUT2D eigenvalue weighted by Gasteiger charge is 2.14. The van der Waals surface area contributed by atoms with Gasteiger partial charge in [0, 0.05) is 31.4 Å². The minimum absolute atomic E-state index is 0.496. The lowest BCUT2D eigenvalue weighted by Gasteiger charge is -2.20. The summed E-state index contributed by atoms with van der Waals surface area (Å²) < 4.78 is 2.07. The van der Waals surface area contributed by atoms with Crippen molar-refractivity contribution < 1.29 is 0 Å². The zero-order chi connectivity index (χ0) is 13.7. The van der Waals surface area contributed by atoms with E-state index in [0.29, 0.717) is 12.1 Å². The Morgan fingerprint density at radius 2 is 2.05 bits per heavy atom. The minimum Gasteiger partial charge on any atom is -0.307 e. The molecule has 1 aliphatic heterocycles. The molecular formula is C15H28N4. The van der Waals surface area contributed by atoms with Gasteiger partial charge in [0.05, 0.1) is 5.69 Å². The molecule has 1 N–H and O–H groups in total. The molecule has 19 heavy (non-hydrogen) atoms. The largest absolute Gasteiger partial charge is 0.307 e. The molecule has 0 spiro atoms. The van der Waals surface area contributed by atoms with Crippen LogP contribution in [0.4, 0.5) is 0 Å². The van der Waals surface area contributed by atoms with Crippen molar-refractivity contribution in [3.05, 3.63) is 18.0 Å². The van der Waals surface area contributed by atoms with Gasteiger partial charge in [-0.25, -0.2) is 0 Å². The molecule has 0 bridgehead atoms. The number of rotatable bonds is 7. The number of hydrogen-bond donors (Lipinski definition) is 1. The fourth-order valence-electron chi connectivity index (χ4n) is 2.60. The number of aromatic nitrogens is 2. The molecule has 1 fully saturated rings. The fourth-order valence-corrected chi connectivity index (χ4v) is 2.60. The number of nitrogens with one attached hydrogen (secondary N) is 1. The maximum Gasteiger partial charge on any atom is 0.0762 e. The molecule has 1 aromatic heterocycles. The van der Waals surface area contributed by atoms with Crippen molar-refractivity contribution in [2.45, 2.75) is 58.7 Å². The molecule has 1 aliphatic rings. The first-order valence-electron chi connectivity index (χ1n) is 7.68. The highest BCUT2D eigenvalue weighted by atomic mass is 15.3.